The number of rotatable bonds is 3. The van der Waals surface area contributed by atoms with Gasteiger partial charge in [-0.25, -0.2) is 9.97 Å². The minimum Gasteiger partial charge on any atom is -0.356 e. The van der Waals surface area contributed by atoms with Crippen molar-refractivity contribution in [2.45, 2.75) is 26.2 Å². The summed E-state index contributed by atoms with van der Waals surface area (Å²) in [5, 5.41) is 4.00. The van der Waals surface area contributed by atoms with Gasteiger partial charge in [0.1, 0.15) is 12.1 Å². The zero-order chi connectivity index (χ0) is 21.6. The molecule has 8 nitrogen and oxygen atoms in total. The molecule has 3 aromatic heterocycles. The first-order valence-corrected chi connectivity index (χ1v) is 10.6. The first kappa shape index (κ1) is 19.7. The predicted octanol–water partition coefficient (Wildman–Crippen LogP) is 3.03. The molecule has 160 valence electrons. The standard InChI is InChI=1S/C23H26N6O2/c1-23(2,3)20-8-21(26-14-25-20)28-10-16-12-29(13-17(16)11-28)22(30)18-7-19(31-27-18)15-5-4-6-24-9-15/h4-9,14,16-17H,10-13H2,1-3H3. The fraction of sp³-hybridized carbons (Fsp3) is 0.435. The highest BCUT2D eigenvalue weighted by Crippen LogP contribution is 2.35. The SMILES string of the molecule is CC(C)(C)c1cc(N2CC3CN(C(=O)c4cc(-c5cccnc5)on4)CC3C2)ncn1. The molecule has 31 heavy (non-hydrogen) atoms. The molecule has 2 saturated heterocycles. The van der Waals surface area contributed by atoms with Crippen LogP contribution in [0.4, 0.5) is 5.82 Å². The van der Waals surface area contributed by atoms with Crippen LogP contribution >= 0.6 is 0 Å². The molecule has 5 rings (SSSR count). The number of fused-ring (bicyclic) bond motifs is 1. The summed E-state index contributed by atoms with van der Waals surface area (Å²) in [5.74, 6) is 2.32. The van der Waals surface area contributed by atoms with Crippen LogP contribution in [-0.2, 0) is 5.41 Å². The average Bonchev–Trinajstić information content (AvgIpc) is 3.48. The van der Waals surface area contributed by atoms with E-state index >= 15 is 0 Å². The van der Waals surface area contributed by atoms with Crippen molar-refractivity contribution in [3.8, 4) is 11.3 Å². The molecule has 0 aromatic carbocycles. The molecular weight excluding hydrogens is 392 g/mol. The maximum Gasteiger partial charge on any atom is 0.276 e. The van der Waals surface area contributed by atoms with Crippen molar-refractivity contribution in [1.82, 2.24) is 25.0 Å². The molecule has 5 heterocycles. The molecule has 0 aliphatic carbocycles. The number of carbonyl (C=O) groups is 1. The highest BCUT2D eigenvalue weighted by molar-refractivity contribution is 5.93. The second-order valence-electron chi connectivity index (χ2n) is 9.46. The van der Waals surface area contributed by atoms with Gasteiger partial charge in [0.25, 0.3) is 5.91 Å². The van der Waals surface area contributed by atoms with E-state index < -0.39 is 0 Å². The van der Waals surface area contributed by atoms with Crippen LogP contribution < -0.4 is 4.90 Å². The van der Waals surface area contributed by atoms with Gasteiger partial charge in [0, 0.05) is 73.5 Å². The van der Waals surface area contributed by atoms with Crippen LogP contribution in [0.2, 0.25) is 0 Å². The molecule has 2 aliphatic heterocycles. The Balaban J connectivity index is 1.25. The molecule has 1 amide bonds. The third kappa shape index (κ3) is 3.78. The Hall–Kier alpha value is -3.29. The largest absolute Gasteiger partial charge is 0.356 e. The number of nitrogens with zero attached hydrogens (tertiary/aromatic N) is 6. The van der Waals surface area contributed by atoms with Crippen molar-refractivity contribution in [3.05, 3.63) is 54.4 Å². The Labute approximate surface area is 181 Å². The van der Waals surface area contributed by atoms with E-state index in [0.717, 1.165) is 43.3 Å². The van der Waals surface area contributed by atoms with Crippen molar-refractivity contribution in [2.75, 3.05) is 31.1 Å². The minimum absolute atomic E-state index is 0.0111. The van der Waals surface area contributed by atoms with E-state index in [2.05, 4.69) is 51.8 Å². The first-order valence-electron chi connectivity index (χ1n) is 10.6. The highest BCUT2D eigenvalue weighted by atomic mass is 16.5. The van der Waals surface area contributed by atoms with Gasteiger partial charge in [0.2, 0.25) is 0 Å². The Kier molecular flexibility index (Phi) is 4.72. The summed E-state index contributed by atoms with van der Waals surface area (Å²) < 4.78 is 5.38. The molecule has 2 aliphatic rings. The van der Waals surface area contributed by atoms with Crippen LogP contribution in [-0.4, -0.2) is 57.1 Å². The van der Waals surface area contributed by atoms with Gasteiger partial charge >= 0.3 is 0 Å². The lowest BCUT2D eigenvalue weighted by Crippen LogP contribution is -2.33. The molecule has 2 atom stereocenters. The van der Waals surface area contributed by atoms with Crippen LogP contribution in [0.15, 0.2) is 47.5 Å². The summed E-state index contributed by atoms with van der Waals surface area (Å²) in [4.78, 5) is 30.2. The summed E-state index contributed by atoms with van der Waals surface area (Å²) in [7, 11) is 0. The van der Waals surface area contributed by atoms with E-state index in [1.807, 2.05) is 17.0 Å². The lowest BCUT2D eigenvalue weighted by Gasteiger charge is -2.24. The topological polar surface area (TPSA) is 88.2 Å². The molecule has 0 saturated carbocycles. The van der Waals surface area contributed by atoms with Gasteiger partial charge in [0.15, 0.2) is 11.5 Å². The third-order valence-electron chi connectivity index (χ3n) is 6.19. The van der Waals surface area contributed by atoms with E-state index in [1.54, 1.807) is 24.8 Å². The lowest BCUT2D eigenvalue weighted by molar-refractivity contribution is 0.0772. The third-order valence-corrected chi connectivity index (χ3v) is 6.19. The Bertz CT molecular complexity index is 1080. The van der Waals surface area contributed by atoms with E-state index in [0.29, 0.717) is 23.3 Å². The molecule has 2 fully saturated rings. The molecule has 2 unspecified atom stereocenters. The number of likely N-dealkylation sites (tertiary alicyclic amines) is 1. The van der Waals surface area contributed by atoms with Gasteiger partial charge in [-0.1, -0.05) is 25.9 Å². The van der Waals surface area contributed by atoms with Gasteiger partial charge < -0.3 is 14.3 Å². The fourth-order valence-corrected chi connectivity index (χ4v) is 4.46. The quantitative estimate of drug-likeness (QED) is 0.646. The van der Waals surface area contributed by atoms with Crippen molar-refractivity contribution in [1.29, 1.82) is 0 Å². The number of hydrogen-bond acceptors (Lipinski definition) is 7. The molecule has 0 radical (unpaired) electrons. The van der Waals surface area contributed by atoms with Crippen molar-refractivity contribution in [2.24, 2.45) is 11.8 Å². The molecule has 8 heteroatoms. The van der Waals surface area contributed by atoms with E-state index in [4.69, 9.17) is 4.52 Å². The second-order valence-corrected chi connectivity index (χ2v) is 9.46. The van der Waals surface area contributed by atoms with Crippen LogP contribution in [0.5, 0.6) is 0 Å². The Morgan fingerprint density at radius 2 is 1.87 bits per heavy atom. The molecule has 3 aromatic rings. The number of anilines is 1. The van der Waals surface area contributed by atoms with Gasteiger partial charge in [-0.05, 0) is 12.1 Å². The monoisotopic (exact) mass is 418 g/mol. The van der Waals surface area contributed by atoms with E-state index in [1.165, 1.54) is 0 Å². The summed E-state index contributed by atoms with van der Waals surface area (Å²) in [6.07, 6.45) is 5.05. The Morgan fingerprint density at radius 3 is 2.55 bits per heavy atom. The maximum absolute atomic E-state index is 13.0. The van der Waals surface area contributed by atoms with E-state index in [9.17, 15) is 4.79 Å². The van der Waals surface area contributed by atoms with Crippen LogP contribution in [0.3, 0.4) is 0 Å². The summed E-state index contributed by atoms with van der Waals surface area (Å²) in [6.45, 7) is 9.73. The summed E-state index contributed by atoms with van der Waals surface area (Å²) in [5.41, 5.74) is 2.19. The van der Waals surface area contributed by atoms with E-state index in [-0.39, 0.29) is 11.3 Å². The number of aromatic nitrogens is 4. The predicted molar refractivity (Wildman–Crippen MR) is 116 cm³/mol. The van der Waals surface area contributed by atoms with Crippen molar-refractivity contribution in [3.63, 3.8) is 0 Å². The zero-order valence-electron chi connectivity index (χ0n) is 18.0. The highest BCUT2D eigenvalue weighted by Gasteiger charge is 2.42. The first-order chi connectivity index (χ1) is 14.9. The molecular formula is C23H26N6O2. The molecule has 0 N–H and O–H groups in total. The van der Waals surface area contributed by atoms with Crippen molar-refractivity contribution >= 4 is 11.7 Å². The number of carbonyl (C=O) groups excluding carboxylic acids is 1. The molecule has 0 bridgehead atoms. The van der Waals surface area contributed by atoms with Crippen molar-refractivity contribution < 1.29 is 9.32 Å². The summed E-state index contributed by atoms with van der Waals surface area (Å²) in [6, 6.07) is 7.51. The summed E-state index contributed by atoms with van der Waals surface area (Å²) >= 11 is 0. The van der Waals surface area contributed by atoms with Crippen LogP contribution in [0.1, 0.15) is 37.0 Å². The normalized spacial score (nSPS) is 20.9. The second kappa shape index (κ2) is 7.44. The van der Waals surface area contributed by atoms with Crippen LogP contribution in [0.25, 0.3) is 11.3 Å². The van der Waals surface area contributed by atoms with Gasteiger partial charge in [-0.3, -0.25) is 9.78 Å². The molecule has 0 spiro atoms. The smallest absolute Gasteiger partial charge is 0.276 e. The number of pyridine rings is 1. The van der Waals surface area contributed by atoms with Gasteiger partial charge in [0.05, 0.1) is 5.69 Å². The average molecular weight is 419 g/mol. The van der Waals surface area contributed by atoms with Crippen LogP contribution in [0, 0.1) is 11.8 Å². The maximum atomic E-state index is 13.0. The zero-order valence-corrected chi connectivity index (χ0v) is 18.0. The number of hydrogen-bond donors (Lipinski definition) is 0. The number of amides is 1. The Morgan fingerprint density at radius 1 is 1.10 bits per heavy atom. The van der Waals surface area contributed by atoms with Gasteiger partial charge in [-0.2, -0.15) is 0 Å². The minimum atomic E-state index is -0.0723. The van der Waals surface area contributed by atoms with Gasteiger partial charge in [-0.15, -0.1) is 0 Å². The lowest BCUT2D eigenvalue weighted by atomic mass is 9.92. The fourth-order valence-electron chi connectivity index (χ4n) is 4.46.